The van der Waals surface area contributed by atoms with E-state index < -0.39 is 5.97 Å². The summed E-state index contributed by atoms with van der Waals surface area (Å²) in [6, 6.07) is 3.82. The molecule has 0 atom stereocenters. The quantitative estimate of drug-likeness (QED) is 0.822. The molecule has 0 aliphatic heterocycles. The Morgan fingerprint density at radius 3 is 2.50 bits per heavy atom. The summed E-state index contributed by atoms with van der Waals surface area (Å²) in [5.74, 6) is -0.467. The van der Waals surface area contributed by atoms with Gasteiger partial charge < -0.3 is 10.2 Å². The molecule has 1 fully saturated rings. The van der Waals surface area contributed by atoms with Gasteiger partial charge in [0.05, 0.1) is 6.42 Å². The van der Waals surface area contributed by atoms with Crippen molar-refractivity contribution in [2.24, 2.45) is 0 Å². The van der Waals surface area contributed by atoms with Gasteiger partial charge in [0.25, 0.3) is 0 Å². The van der Waals surface area contributed by atoms with Gasteiger partial charge >= 0.3 is 5.97 Å². The first kappa shape index (κ1) is 11.0. The summed E-state index contributed by atoms with van der Waals surface area (Å²) < 4.78 is 0. The Bertz CT molecular complexity index is 445. The van der Waals surface area contributed by atoms with E-state index in [1.165, 1.54) is 0 Å². The molecule has 0 amide bonds. The van der Waals surface area contributed by atoms with E-state index in [4.69, 9.17) is 5.11 Å². The van der Waals surface area contributed by atoms with Gasteiger partial charge in [0, 0.05) is 5.41 Å². The summed E-state index contributed by atoms with van der Waals surface area (Å²) in [5, 5.41) is 18.8. The summed E-state index contributed by atoms with van der Waals surface area (Å²) >= 11 is 0. The number of carboxylic acid groups (broad SMARTS) is 1. The van der Waals surface area contributed by atoms with Crippen molar-refractivity contribution in [3.8, 4) is 5.75 Å². The average Bonchev–Trinajstić information content (AvgIpc) is 2.94. The van der Waals surface area contributed by atoms with Crippen LogP contribution in [0, 0.1) is 13.8 Å². The molecule has 3 heteroatoms. The Morgan fingerprint density at radius 2 is 2.00 bits per heavy atom. The Hall–Kier alpha value is -1.51. The summed E-state index contributed by atoms with van der Waals surface area (Å²) in [5.41, 5.74) is 2.45. The maximum atomic E-state index is 10.8. The summed E-state index contributed by atoms with van der Waals surface area (Å²) in [6.45, 7) is 3.71. The Morgan fingerprint density at radius 1 is 1.38 bits per heavy atom. The van der Waals surface area contributed by atoms with E-state index in [1.807, 2.05) is 26.0 Å². The standard InChI is InChI=1S/C13H16O3/c1-8-3-4-10(9(2)12(8)16)13(5-6-13)7-11(14)15/h3-4,16H,5-7H2,1-2H3,(H,14,15). The van der Waals surface area contributed by atoms with Gasteiger partial charge in [-0.2, -0.15) is 0 Å². The van der Waals surface area contributed by atoms with Gasteiger partial charge in [0.15, 0.2) is 0 Å². The molecule has 2 N–H and O–H groups in total. The van der Waals surface area contributed by atoms with Gasteiger partial charge in [-0.3, -0.25) is 4.79 Å². The number of hydrogen-bond acceptors (Lipinski definition) is 2. The minimum absolute atomic E-state index is 0.163. The van der Waals surface area contributed by atoms with E-state index in [-0.39, 0.29) is 11.8 Å². The van der Waals surface area contributed by atoms with Crippen molar-refractivity contribution in [1.29, 1.82) is 0 Å². The van der Waals surface area contributed by atoms with Gasteiger partial charge in [-0.05, 0) is 43.4 Å². The maximum Gasteiger partial charge on any atom is 0.304 e. The van der Waals surface area contributed by atoms with E-state index >= 15 is 0 Å². The third kappa shape index (κ3) is 1.66. The number of benzene rings is 1. The second kappa shape index (κ2) is 3.51. The van der Waals surface area contributed by atoms with E-state index in [9.17, 15) is 9.90 Å². The molecule has 1 aromatic carbocycles. The predicted molar refractivity (Wildman–Crippen MR) is 60.7 cm³/mol. The van der Waals surface area contributed by atoms with E-state index in [0.29, 0.717) is 5.75 Å². The lowest BCUT2D eigenvalue weighted by molar-refractivity contribution is -0.137. The fourth-order valence-electron chi connectivity index (χ4n) is 2.39. The van der Waals surface area contributed by atoms with Crippen LogP contribution >= 0.6 is 0 Å². The maximum absolute atomic E-state index is 10.8. The Labute approximate surface area is 94.7 Å². The molecule has 0 unspecified atom stereocenters. The zero-order chi connectivity index (χ0) is 11.9. The first-order chi connectivity index (χ1) is 7.46. The first-order valence-corrected chi connectivity index (χ1v) is 5.48. The van der Waals surface area contributed by atoms with Crippen LogP contribution < -0.4 is 0 Å². The highest BCUT2D eigenvalue weighted by Gasteiger charge is 2.47. The number of carboxylic acids is 1. The zero-order valence-corrected chi connectivity index (χ0v) is 9.58. The second-order valence-electron chi connectivity index (χ2n) is 4.75. The second-order valence-corrected chi connectivity index (χ2v) is 4.75. The summed E-state index contributed by atoms with van der Waals surface area (Å²) in [4.78, 5) is 10.8. The molecule has 1 saturated carbocycles. The van der Waals surface area contributed by atoms with Crippen LogP contribution in [0.4, 0.5) is 0 Å². The number of phenolic OH excluding ortho intramolecular Hbond substituents is 1. The number of phenols is 1. The molecular formula is C13H16O3. The van der Waals surface area contributed by atoms with Crippen LogP contribution in [0.5, 0.6) is 5.75 Å². The highest BCUT2D eigenvalue weighted by atomic mass is 16.4. The molecule has 2 rings (SSSR count). The monoisotopic (exact) mass is 220 g/mol. The molecule has 0 spiro atoms. The molecule has 0 bridgehead atoms. The predicted octanol–water partition coefficient (Wildman–Crippen LogP) is 2.52. The van der Waals surface area contributed by atoms with E-state index in [1.54, 1.807) is 0 Å². The van der Waals surface area contributed by atoms with Crippen molar-refractivity contribution in [2.75, 3.05) is 0 Å². The molecule has 1 aromatic rings. The number of hydrogen-bond donors (Lipinski definition) is 2. The third-order valence-electron chi connectivity index (χ3n) is 3.55. The molecule has 1 aliphatic rings. The Kier molecular flexibility index (Phi) is 2.41. The SMILES string of the molecule is Cc1ccc(C2(CC(=O)O)CC2)c(C)c1O. The number of aryl methyl sites for hydroxylation is 1. The molecular weight excluding hydrogens is 204 g/mol. The lowest BCUT2D eigenvalue weighted by Gasteiger charge is -2.17. The molecule has 3 nitrogen and oxygen atoms in total. The molecule has 1 aliphatic carbocycles. The molecule has 0 saturated heterocycles. The zero-order valence-electron chi connectivity index (χ0n) is 9.58. The van der Waals surface area contributed by atoms with Crippen molar-refractivity contribution in [3.05, 3.63) is 28.8 Å². The molecule has 0 radical (unpaired) electrons. The van der Waals surface area contributed by atoms with E-state index in [2.05, 4.69) is 0 Å². The topological polar surface area (TPSA) is 57.5 Å². The Balaban J connectivity index is 2.42. The third-order valence-corrected chi connectivity index (χ3v) is 3.55. The van der Waals surface area contributed by atoms with Crippen LogP contribution in [0.3, 0.4) is 0 Å². The van der Waals surface area contributed by atoms with Crippen molar-refractivity contribution in [2.45, 2.75) is 38.5 Å². The summed E-state index contributed by atoms with van der Waals surface area (Å²) in [6.07, 6.45) is 1.97. The smallest absolute Gasteiger partial charge is 0.304 e. The fraction of sp³-hybridized carbons (Fsp3) is 0.462. The van der Waals surface area contributed by atoms with Gasteiger partial charge in [0.1, 0.15) is 5.75 Å². The normalized spacial score (nSPS) is 17.1. The first-order valence-electron chi connectivity index (χ1n) is 5.48. The van der Waals surface area contributed by atoms with Gasteiger partial charge in [-0.1, -0.05) is 12.1 Å². The summed E-state index contributed by atoms with van der Waals surface area (Å²) in [7, 11) is 0. The van der Waals surface area contributed by atoms with Crippen molar-refractivity contribution in [1.82, 2.24) is 0 Å². The lowest BCUT2D eigenvalue weighted by Crippen LogP contribution is -2.14. The molecule has 86 valence electrons. The minimum Gasteiger partial charge on any atom is -0.507 e. The number of aromatic hydroxyl groups is 1. The molecule has 0 heterocycles. The molecule has 16 heavy (non-hydrogen) atoms. The number of carbonyl (C=O) groups is 1. The molecule has 0 aromatic heterocycles. The van der Waals surface area contributed by atoms with Gasteiger partial charge in [-0.15, -0.1) is 0 Å². The van der Waals surface area contributed by atoms with Crippen molar-refractivity contribution in [3.63, 3.8) is 0 Å². The van der Waals surface area contributed by atoms with Gasteiger partial charge in [-0.25, -0.2) is 0 Å². The number of aliphatic carboxylic acids is 1. The van der Waals surface area contributed by atoms with Crippen LogP contribution in [0.2, 0.25) is 0 Å². The largest absolute Gasteiger partial charge is 0.507 e. The van der Waals surface area contributed by atoms with Crippen molar-refractivity contribution < 1.29 is 15.0 Å². The van der Waals surface area contributed by atoms with E-state index in [0.717, 1.165) is 29.5 Å². The fourth-order valence-corrected chi connectivity index (χ4v) is 2.39. The number of rotatable bonds is 3. The van der Waals surface area contributed by atoms with Crippen molar-refractivity contribution >= 4 is 5.97 Å². The van der Waals surface area contributed by atoms with Crippen LogP contribution in [0.25, 0.3) is 0 Å². The highest BCUT2D eigenvalue weighted by Crippen LogP contribution is 2.53. The van der Waals surface area contributed by atoms with Crippen LogP contribution in [0.15, 0.2) is 12.1 Å². The highest BCUT2D eigenvalue weighted by molar-refractivity contribution is 5.70. The lowest BCUT2D eigenvalue weighted by atomic mass is 9.87. The van der Waals surface area contributed by atoms with Crippen LogP contribution in [-0.2, 0) is 10.2 Å². The van der Waals surface area contributed by atoms with Gasteiger partial charge in [0.2, 0.25) is 0 Å². The van der Waals surface area contributed by atoms with Crippen LogP contribution in [0.1, 0.15) is 36.0 Å². The van der Waals surface area contributed by atoms with Crippen LogP contribution in [-0.4, -0.2) is 16.2 Å². The minimum atomic E-state index is -0.767. The average molecular weight is 220 g/mol.